The smallest absolute Gasteiger partial charge is 0.242 e. The Kier molecular flexibility index (Phi) is 5.62. The van der Waals surface area contributed by atoms with Gasteiger partial charge in [-0.15, -0.1) is 10.2 Å². The molecule has 2 aromatic rings. The summed E-state index contributed by atoms with van der Waals surface area (Å²) in [7, 11) is 0. The third-order valence-corrected chi connectivity index (χ3v) is 5.91. The van der Waals surface area contributed by atoms with Crippen LogP contribution >= 0.6 is 0 Å². The Morgan fingerprint density at radius 1 is 1.17 bits per heavy atom. The zero-order valence-corrected chi connectivity index (χ0v) is 17.1. The molecule has 3 heterocycles. The second kappa shape index (κ2) is 8.32. The molecule has 2 N–H and O–H groups in total. The zero-order valence-electron chi connectivity index (χ0n) is 17.1. The Bertz CT molecular complexity index is 922. The van der Waals surface area contributed by atoms with Crippen molar-refractivity contribution in [3.63, 3.8) is 0 Å². The first-order valence-electron chi connectivity index (χ1n) is 10.3. The van der Waals surface area contributed by atoms with E-state index in [2.05, 4.69) is 62.3 Å². The van der Waals surface area contributed by atoms with E-state index in [1.165, 1.54) is 16.7 Å². The second-order valence-corrected chi connectivity index (χ2v) is 8.01. The van der Waals surface area contributed by atoms with Crippen LogP contribution in [0.1, 0.15) is 41.2 Å². The fourth-order valence-corrected chi connectivity index (χ4v) is 3.98. The van der Waals surface area contributed by atoms with Crippen LogP contribution in [-0.2, 0) is 35.6 Å². The first-order chi connectivity index (χ1) is 14.0. The Morgan fingerprint density at radius 3 is 2.79 bits per heavy atom. The van der Waals surface area contributed by atoms with Crippen molar-refractivity contribution in [2.24, 2.45) is 0 Å². The molecule has 0 bridgehead atoms. The van der Waals surface area contributed by atoms with Gasteiger partial charge < -0.3 is 15.2 Å². The molecule has 1 aromatic carbocycles. The average Bonchev–Trinajstić information content (AvgIpc) is 3.25. The molecule has 29 heavy (non-hydrogen) atoms. The van der Waals surface area contributed by atoms with E-state index in [1.807, 2.05) is 0 Å². The average molecular weight is 396 g/mol. The van der Waals surface area contributed by atoms with E-state index in [0.29, 0.717) is 19.4 Å². The van der Waals surface area contributed by atoms with Gasteiger partial charge in [0.25, 0.3) is 0 Å². The number of hydrogen-bond acceptors (Lipinski definition) is 5. The van der Waals surface area contributed by atoms with Crippen LogP contribution in [0.5, 0.6) is 0 Å². The van der Waals surface area contributed by atoms with Gasteiger partial charge in [-0.2, -0.15) is 0 Å². The molecule has 0 aliphatic carbocycles. The summed E-state index contributed by atoms with van der Waals surface area (Å²) in [6.45, 7) is 8.20. The second-order valence-electron chi connectivity index (χ2n) is 8.01. The highest BCUT2D eigenvalue weighted by atomic mass is 16.2. The maximum Gasteiger partial charge on any atom is 0.242 e. The summed E-state index contributed by atoms with van der Waals surface area (Å²) in [6.07, 6.45) is 1.80. The predicted octanol–water partition coefficient (Wildman–Crippen LogP) is 0.848. The van der Waals surface area contributed by atoms with Gasteiger partial charge in [-0.1, -0.05) is 18.2 Å². The summed E-state index contributed by atoms with van der Waals surface area (Å²) < 4.78 is 2.12. The van der Waals surface area contributed by atoms with Gasteiger partial charge in [-0.05, 0) is 37.0 Å². The Hall–Kier alpha value is -2.74. The van der Waals surface area contributed by atoms with Gasteiger partial charge in [0.2, 0.25) is 11.8 Å². The lowest BCUT2D eigenvalue weighted by molar-refractivity contribution is -0.125. The van der Waals surface area contributed by atoms with E-state index in [1.54, 1.807) is 0 Å². The third-order valence-electron chi connectivity index (χ3n) is 5.91. The van der Waals surface area contributed by atoms with Crippen molar-refractivity contribution < 1.29 is 9.59 Å². The lowest BCUT2D eigenvalue weighted by atomic mass is 10.1. The van der Waals surface area contributed by atoms with Gasteiger partial charge in [-0.25, -0.2) is 0 Å². The van der Waals surface area contributed by atoms with Crippen molar-refractivity contribution in [3.05, 3.63) is 46.5 Å². The summed E-state index contributed by atoms with van der Waals surface area (Å²) in [6, 6.07) is 6.23. The number of amides is 2. The molecule has 0 spiro atoms. The summed E-state index contributed by atoms with van der Waals surface area (Å²) in [4.78, 5) is 26.0. The number of nitrogens with one attached hydrogen (secondary N) is 2. The molecule has 8 heteroatoms. The van der Waals surface area contributed by atoms with E-state index in [4.69, 9.17) is 0 Å². The summed E-state index contributed by atoms with van der Waals surface area (Å²) in [5.74, 6) is 1.51. The molecule has 8 nitrogen and oxygen atoms in total. The summed E-state index contributed by atoms with van der Waals surface area (Å²) in [5, 5.41) is 14.2. The van der Waals surface area contributed by atoms with Gasteiger partial charge >= 0.3 is 0 Å². The molecular formula is C21H28N6O2. The molecule has 2 aliphatic heterocycles. The molecule has 1 aromatic heterocycles. The van der Waals surface area contributed by atoms with Crippen molar-refractivity contribution in [2.75, 3.05) is 13.1 Å². The van der Waals surface area contributed by atoms with Gasteiger partial charge in [0.05, 0.1) is 6.54 Å². The van der Waals surface area contributed by atoms with E-state index in [0.717, 1.165) is 44.2 Å². The highest BCUT2D eigenvalue weighted by Gasteiger charge is 2.27. The third kappa shape index (κ3) is 4.48. The molecule has 1 saturated heterocycles. The molecule has 4 rings (SSSR count). The van der Waals surface area contributed by atoms with Crippen LogP contribution in [0.15, 0.2) is 18.2 Å². The number of carbonyl (C=O) groups is 2. The lowest BCUT2D eigenvalue weighted by Gasteiger charge is -2.20. The van der Waals surface area contributed by atoms with Crippen molar-refractivity contribution >= 4 is 11.8 Å². The fourth-order valence-electron chi connectivity index (χ4n) is 3.98. The number of carbonyl (C=O) groups excluding carboxylic acids is 2. The van der Waals surface area contributed by atoms with Crippen LogP contribution in [-0.4, -0.2) is 50.6 Å². The fraction of sp³-hybridized carbons (Fsp3) is 0.524. The largest absolute Gasteiger partial charge is 0.347 e. The van der Waals surface area contributed by atoms with E-state index in [-0.39, 0.29) is 11.8 Å². The van der Waals surface area contributed by atoms with Crippen LogP contribution in [0.2, 0.25) is 0 Å². The quantitative estimate of drug-likeness (QED) is 0.782. The molecule has 0 unspecified atom stereocenters. The molecule has 1 fully saturated rings. The maximum atomic E-state index is 12.2. The number of rotatable bonds is 5. The number of aromatic nitrogens is 3. The zero-order chi connectivity index (χ0) is 20.4. The van der Waals surface area contributed by atoms with E-state index >= 15 is 0 Å². The van der Waals surface area contributed by atoms with Crippen LogP contribution in [0.3, 0.4) is 0 Å². The number of aryl methyl sites for hydroxylation is 2. The minimum Gasteiger partial charge on any atom is -0.347 e. The molecular weight excluding hydrogens is 368 g/mol. The number of nitrogens with zero attached hydrogens (tertiary/aromatic N) is 4. The molecule has 2 aliphatic rings. The summed E-state index contributed by atoms with van der Waals surface area (Å²) >= 11 is 0. The van der Waals surface area contributed by atoms with Crippen molar-refractivity contribution in [2.45, 2.75) is 58.8 Å². The maximum absolute atomic E-state index is 12.2. The molecule has 2 amide bonds. The lowest BCUT2D eigenvalue weighted by Crippen LogP contribution is -2.41. The van der Waals surface area contributed by atoms with Crippen LogP contribution in [0.4, 0.5) is 0 Å². The predicted molar refractivity (Wildman–Crippen MR) is 108 cm³/mol. The van der Waals surface area contributed by atoms with Gasteiger partial charge in [0.1, 0.15) is 11.9 Å². The first-order valence-corrected chi connectivity index (χ1v) is 10.3. The Morgan fingerprint density at radius 2 is 2.03 bits per heavy atom. The van der Waals surface area contributed by atoms with Crippen molar-refractivity contribution in [1.29, 1.82) is 0 Å². The van der Waals surface area contributed by atoms with Crippen LogP contribution in [0.25, 0.3) is 0 Å². The van der Waals surface area contributed by atoms with Crippen LogP contribution < -0.4 is 10.6 Å². The highest BCUT2D eigenvalue weighted by Crippen LogP contribution is 2.15. The topological polar surface area (TPSA) is 92.2 Å². The molecule has 1 atom stereocenters. The minimum absolute atomic E-state index is 0.0645. The molecule has 0 saturated carbocycles. The standard InChI is InChI=1S/C21H28N6O2/c1-14-3-4-16(11-15(14)2)13-26-8-7-18-24-25-19(27(18)10-9-26)12-22-21(29)17-5-6-20(28)23-17/h3-4,11,17H,5-10,12-13H2,1-2H3,(H,22,29)(H,23,28)/t17-/m1/s1. The van der Waals surface area contributed by atoms with Gasteiger partial charge in [0, 0.05) is 39.0 Å². The molecule has 154 valence electrons. The Labute approximate surface area is 170 Å². The normalized spacial score (nSPS) is 19.5. The number of hydrogen-bond donors (Lipinski definition) is 2. The number of fused-ring (bicyclic) bond motifs is 1. The van der Waals surface area contributed by atoms with E-state index < -0.39 is 6.04 Å². The van der Waals surface area contributed by atoms with Crippen molar-refractivity contribution in [1.82, 2.24) is 30.3 Å². The monoisotopic (exact) mass is 396 g/mol. The SMILES string of the molecule is Cc1ccc(CN2CCc3nnc(CNC(=O)[C@H]4CCC(=O)N4)n3CC2)cc1C. The number of benzene rings is 1. The first kappa shape index (κ1) is 19.6. The highest BCUT2D eigenvalue weighted by molar-refractivity contribution is 5.90. The molecule has 0 radical (unpaired) electrons. The van der Waals surface area contributed by atoms with E-state index in [9.17, 15) is 9.59 Å². The summed E-state index contributed by atoms with van der Waals surface area (Å²) in [5.41, 5.74) is 3.97. The Balaban J connectivity index is 1.34. The van der Waals surface area contributed by atoms with Crippen molar-refractivity contribution in [3.8, 4) is 0 Å². The van der Waals surface area contributed by atoms with Gasteiger partial charge in [-0.3, -0.25) is 14.5 Å². The van der Waals surface area contributed by atoms with Crippen LogP contribution in [0, 0.1) is 13.8 Å². The minimum atomic E-state index is -0.428. The van der Waals surface area contributed by atoms with Gasteiger partial charge in [0.15, 0.2) is 5.82 Å².